The molecule has 1 aliphatic carbocycles. The zero-order valence-electron chi connectivity index (χ0n) is 11.0. The van der Waals surface area contributed by atoms with Gasteiger partial charge in [-0.3, -0.25) is 0 Å². The van der Waals surface area contributed by atoms with E-state index in [0.717, 1.165) is 37.8 Å². The number of carbonyl (C=O) groups is 1. The lowest BCUT2D eigenvalue weighted by Gasteiger charge is -2.13. The minimum absolute atomic E-state index is 0.0858. The molecule has 20 heavy (non-hydrogen) atoms. The lowest BCUT2D eigenvalue weighted by atomic mass is 10.1. The van der Waals surface area contributed by atoms with Crippen LogP contribution in [0.5, 0.6) is 0 Å². The molecule has 1 aliphatic rings. The summed E-state index contributed by atoms with van der Waals surface area (Å²) in [5, 5.41) is 5.41. The summed E-state index contributed by atoms with van der Waals surface area (Å²) in [7, 11) is 0. The van der Waals surface area contributed by atoms with Gasteiger partial charge in [-0.15, -0.1) is 0 Å². The Morgan fingerprint density at radius 3 is 2.60 bits per heavy atom. The summed E-state index contributed by atoms with van der Waals surface area (Å²) in [5.41, 5.74) is -0.269. The second-order valence-corrected chi connectivity index (χ2v) is 5.01. The highest BCUT2D eigenvalue weighted by molar-refractivity contribution is 5.74. The van der Waals surface area contributed by atoms with Crippen molar-refractivity contribution in [2.45, 2.75) is 44.4 Å². The SMILES string of the molecule is O=C(NCc1cccc(C(F)(F)F)c1)NC1CCCC1. The van der Waals surface area contributed by atoms with Crippen molar-refractivity contribution >= 4 is 6.03 Å². The summed E-state index contributed by atoms with van der Waals surface area (Å²) in [5.74, 6) is 0. The van der Waals surface area contributed by atoms with Crippen molar-refractivity contribution in [3.8, 4) is 0 Å². The average molecular weight is 286 g/mol. The molecule has 6 heteroatoms. The van der Waals surface area contributed by atoms with Crippen LogP contribution in [0.1, 0.15) is 36.8 Å². The quantitative estimate of drug-likeness (QED) is 0.878. The van der Waals surface area contributed by atoms with E-state index >= 15 is 0 Å². The van der Waals surface area contributed by atoms with Gasteiger partial charge in [0.05, 0.1) is 5.56 Å². The number of benzene rings is 1. The molecule has 0 atom stereocenters. The second kappa shape index (κ2) is 6.15. The molecular weight excluding hydrogens is 269 g/mol. The molecule has 0 saturated heterocycles. The predicted molar refractivity (Wildman–Crippen MR) is 69.1 cm³/mol. The summed E-state index contributed by atoms with van der Waals surface area (Å²) in [6, 6.07) is 4.84. The highest BCUT2D eigenvalue weighted by atomic mass is 19.4. The first kappa shape index (κ1) is 14.7. The molecule has 2 rings (SSSR count). The third kappa shape index (κ3) is 4.15. The summed E-state index contributed by atoms with van der Waals surface area (Å²) in [6.07, 6.45) is -0.201. The third-order valence-electron chi connectivity index (χ3n) is 3.40. The van der Waals surface area contributed by atoms with Gasteiger partial charge < -0.3 is 10.6 Å². The van der Waals surface area contributed by atoms with E-state index in [2.05, 4.69) is 10.6 Å². The largest absolute Gasteiger partial charge is 0.416 e. The molecular formula is C14H17F3N2O. The summed E-state index contributed by atoms with van der Waals surface area (Å²) >= 11 is 0. The summed E-state index contributed by atoms with van der Waals surface area (Å²) in [6.45, 7) is 0.0858. The zero-order chi connectivity index (χ0) is 14.6. The first-order chi connectivity index (χ1) is 9.45. The Bertz CT molecular complexity index is 468. The van der Waals surface area contributed by atoms with Gasteiger partial charge in [-0.25, -0.2) is 4.79 Å². The average Bonchev–Trinajstić information content (AvgIpc) is 2.88. The minimum Gasteiger partial charge on any atom is -0.335 e. The zero-order valence-corrected chi connectivity index (χ0v) is 11.0. The van der Waals surface area contributed by atoms with Crippen molar-refractivity contribution in [1.82, 2.24) is 10.6 Å². The molecule has 1 fully saturated rings. The Morgan fingerprint density at radius 2 is 1.95 bits per heavy atom. The Kier molecular flexibility index (Phi) is 4.52. The Hall–Kier alpha value is -1.72. The van der Waals surface area contributed by atoms with Crippen LogP contribution >= 0.6 is 0 Å². The Labute approximate surface area is 115 Å². The van der Waals surface area contributed by atoms with E-state index in [1.165, 1.54) is 6.07 Å². The van der Waals surface area contributed by atoms with Crippen LogP contribution in [0.2, 0.25) is 0 Å². The monoisotopic (exact) mass is 286 g/mol. The van der Waals surface area contributed by atoms with Crippen LogP contribution in [0.3, 0.4) is 0 Å². The summed E-state index contributed by atoms with van der Waals surface area (Å²) in [4.78, 5) is 11.6. The molecule has 0 radical (unpaired) electrons. The number of hydrogen-bond donors (Lipinski definition) is 2. The van der Waals surface area contributed by atoms with Gasteiger partial charge in [0, 0.05) is 12.6 Å². The van der Waals surface area contributed by atoms with Gasteiger partial charge in [-0.05, 0) is 30.5 Å². The number of halogens is 3. The topological polar surface area (TPSA) is 41.1 Å². The third-order valence-corrected chi connectivity index (χ3v) is 3.40. The molecule has 0 unspecified atom stereocenters. The molecule has 0 bridgehead atoms. The maximum atomic E-state index is 12.5. The molecule has 0 aliphatic heterocycles. The molecule has 1 aromatic carbocycles. The number of rotatable bonds is 3. The lowest BCUT2D eigenvalue weighted by Crippen LogP contribution is -2.40. The number of alkyl halides is 3. The van der Waals surface area contributed by atoms with Crippen LogP contribution in [-0.2, 0) is 12.7 Å². The smallest absolute Gasteiger partial charge is 0.335 e. The van der Waals surface area contributed by atoms with E-state index < -0.39 is 11.7 Å². The fourth-order valence-corrected chi connectivity index (χ4v) is 2.35. The van der Waals surface area contributed by atoms with Gasteiger partial charge in [-0.2, -0.15) is 13.2 Å². The fraction of sp³-hybridized carbons (Fsp3) is 0.500. The number of amides is 2. The van der Waals surface area contributed by atoms with Gasteiger partial charge in [0.2, 0.25) is 0 Å². The fourth-order valence-electron chi connectivity index (χ4n) is 2.35. The van der Waals surface area contributed by atoms with Crippen molar-refractivity contribution in [2.75, 3.05) is 0 Å². The highest BCUT2D eigenvalue weighted by Gasteiger charge is 2.30. The Morgan fingerprint density at radius 1 is 1.25 bits per heavy atom. The number of nitrogens with one attached hydrogen (secondary N) is 2. The van der Waals surface area contributed by atoms with Gasteiger partial charge in [0.1, 0.15) is 0 Å². The van der Waals surface area contributed by atoms with E-state index in [4.69, 9.17) is 0 Å². The van der Waals surface area contributed by atoms with Crippen LogP contribution < -0.4 is 10.6 Å². The Balaban J connectivity index is 1.85. The molecule has 2 N–H and O–H groups in total. The van der Waals surface area contributed by atoms with Crippen molar-refractivity contribution in [2.24, 2.45) is 0 Å². The van der Waals surface area contributed by atoms with Gasteiger partial charge in [0.25, 0.3) is 0 Å². The number of urea groups is 1. The normalized spacial score (nSPS) is 16.1. The molecule has 2 amide bonds. The first-order valence-corrected chi connectivity index (χ1v) is 6.65. The molecule has 1 aromatic rings. The van der Waals surface area contributed by atoms with Crippen LogP contribution in [0.4, 0.5) is 18.0 Å². The maximum absolute atomic E-state index is 12.5. The van der Waals surface area contributed by atoms with E-state index in [1.807, 2.05) is 0 Å². The highest BCUT2D eigenvalue weighted by Crippen LogP contribution is 2.29. The first-order valence-electron chi connectivity index (χ1n) is 6.65. The van der Waals surface area contributed by atoms with E-state index in [1.54, 1.807) is 6.07 Å². The molecule has 110 valence electrons. The minimum atomic E-state index is -4.36. The van der Waals surface area contributed by atoms with Gasteiger partial charge >= 0.3 is 12.2 Å². The van der Waals surface area contributed by atoms with E-state index in [9.17, 15) is 18.0 Å². The standard InChI is InChI=1S/C14H17F3N2O/c15-14(16,17)11-5-3-4-10(8-11)9-18-13(20)19-12-6-1-2-7-12/h3-5,8,12H,1-2,6-7,9H2,(H2,18,19,20). The lowest BCUT2D eigenvalue weighted by molar-refractivity contribution is -0.137. The van der Waals surface area contributed by atoms with Gasteiger partial charge in [-0.1, -0.05) is 25.0 Å². The second-order valence-electron chi connectivity index (χ2n) is 5.01. The van der Waals surface area contributed by atoms with Crippen molar-refractivity contribution in [3.63, 3.8) is 0 Å². The van der Waals surface area contributed by atoms with Crippen LogP contribution in [0, 0.1) is 0 Å². The van der Waals surface area contributed by atoms with Crippen molar-refractivity contribution in [3.05, 3.63) is 35.4 Å². The molecule has 0 aromatic heterocycles. The number of carbonyl (C=O) groups excluding carboxylic acids is 1. The van der Waals surface area contributed by atoms with Crippen LogP contribution in [0.15, 0.2) is 24.3 Å². The molecule has 1 saturated carbocycles. The van der Waals surface area contributed by atoms with Crippen molar-refractivity contribution < 1.29 is 18.0 Å². The van der Waals surface area contributed by atoms with Crippen LogP contribution in [0.25, 0.3) is 0 Å². The molecule has 0 spiro atoms. The van der Waals surface area contributed by atoms with Crippen LogP contribution in [-0.4, -0.2) is 12.1 Å². The van der Waals surface area contributed by atoms with Crippen molar-refractivity contribution in [1.29, 1.82) is 0 Å². The molecule has 0 heterocycles. The predicted octanol–water partition coefficient (Wildman–Crippen LogP) is 3.45. The maximum Gasteiger partial charge on any atom is 0.416 e. The number of hydrogen-bond acceptors (Lipinski definition) is 1. The van der Waals surface area contributed by atoms with E-state index in [0.29, 0.717) is 5.56 Å². The summed E-state index contributed by atoms with van der Waals surface area (Å²) < 4.78 is 37.6. The van der Waals surface area contributed by atoms with E-state index in [-0.39, 0.29) is 18.6 Å². The molecule has 3 nitrogen and oxygen atoms in total. The van der Waals surface area contributed by atoms with Gasteiger partial charge in [0.15, 0.2) is 0 Å².